The van der Waals surface area contributed by atoms with Crippen molar-refractivity contribution in [3.8, 4) is 0 Å². The minimum Gasteiger partial charge on any atom is -0.722 e. The Kier molecular flexibility index (Phi) is 17.1. The summed E-state index contributed by atoms with van der Waals surface area (Å²) in [6.07, 6.45) is 0. The molecule has 0 aliphatic heterocycles. The average Bonchev–Trinajstić information content (AvgIpc) is 2.68. The maximum atomic E-state index is 8.67. The molecule has 0 spiro atoms. The summed E-state index contributed by atoms with van der Waals surface area (Å²) in [5.41, 5.74) is 20.9. The van der Waals surface area contributed by atoms with Crippen molar-refractivity contribution >= 4 is 11.4 Å². The van der Waals surface area contributed by atoms with Gasteiger partial charge in [-0.15, -0.1) is 0 Å². The third-order valence-corrected chi connectivity index (χ3v) is 3.27. The third kappa shape index (κ3) is 15.4. The molecular weight excluding hydrogens is 352 g/mol. The quantitative estimate of drug-likeness (QED) is 0.218. The minimum atomic E-state index is -0.236. The van der Waals surface area contributed by atoms with E-state index in [1.807, 2.05) is 80.6 Å². The zero-order chi connectivity index (χ0) is 20.5. The van der Waals surface area contributed by atoms with Crippen molar-refractivity contribution in [2.45, 2.75) is 20.8 Å². The molecule has 3 aromatic rings. The standard InChI is InChI=1S/2C7H9N.C7H8.CH5NO2.H3N/c1-6-2-4-7(8)5-3-6;1-6-4-2-3-5-7(6)8;1-7-5-3-2-4-6-7;2-1-4-3;/h2*2-5H,8H2,1H3;2-6H,1H3;3H,1-2H2;1H3/p-1. The molecule has 0 radical (unpaired) electrons. The SMILES string of the molecule is Cc1ccc(N)cc1.Cc1ccccc1.Cc1ccccc1N.N.NCO[O-]. The second-order valence-corrected chi connectivity index (χ2v) is 5.71. The second kappa shape index (κ2) is 17.5. The van der Waals surface area contributed by atoms with Gasteiger partial charge in [-0.2, -0.15) is 0 Å². The number of para-hydroxylation sites is 1. The number of nitrogens with two attached hydrogens (primary N) is 3. The highest BCUT2D eigenvalue weighted by Gasteiger charge is 1.84. The van der Waals surface area contributed by atoms with Crippen molar-refractivity contribution < 1.29 is 10.1 Å². The van der Waals surface area contributed by atoms with Crippen LogP contribution in [0, 0.1) is 20.8 Å². The van der Waals surface area contributed by atoms with Crippen molar-refractivity contribution in [1.82, 2.24) is 6.15 Å². The molecule has 0 bridgehead atoms. The molecule has 0 aliphatic carbocycles. The number of nitrogen functional groups attached to an aromatic ring is 2. The Bertz CT molecular complexity index is 676. The van der Waals surface area contributed by atoms with Gasteiger partial charge in [0.05, 0.1) is 6.73 Å². The van der Waals surface area contributed by atoms with Crippen molar-refractivity contribution in [2.24, 2.45) is 5.73 Å². The summed E-state index contributed by atoms with van der Waals surface area (Å²) in [6, 6.07) is 25.9. The summed E-state index contributed by atoms with van der Waals surface area (Å²) in [7, 11) is 0. The number of benzene rings is 3. The lowest BCUT2D eigenvalue weighted by Gasteiger charge is -1.95. The fourth-order valence-corrected chi connectivity index (χ4v) is 1.69. The van der Waals surface area contributed by atoms with E-state index in [1.165, 1.54) is 11.1 Å². The number of hydrogen-bond acceptors (Lipinski definition) is 6. The molecule has 9 N–H and O–H groups in total. The molecular formula is C22H33N4O2-. The predicted octanol–water partition coefficient (Wildman–Crippen LogP) is 3.51. The first kappa shape index (κ1) is 27.3. The van der Waals surface area contributed by atoms with Gasteiger partial charge in [-0.25, -0.2) is 0 Å². The van der Waals surface area contributed by atoms with E-state index in [0.717, 1.165) is 16.9 Å². The summed E-state index contributed by atoms with van der Waals surface area (Å²) in [5.74, 6) is 0. The maximum Gasteiger partial charge on any atom is 0.0823 e. The zero-order valence-electron chi connectivity index (χ0n) is 17.0. The molecule has 0 heterocycles. The Morgan fingerprint density at radius 1 is 0.714 bits per heavy atom. The first-order chi connectivity index (χ1) is 12.9. The van der Waals surface area contributed by atoms with Crippen LogP contribution in [-0.4, -0.2) is 6.73 Å². The van der Waals surface area contributed by atoms with Crippen molar-refractivity contribution in [2.75, 3.05) is 18.2 Å². The van der Waals surface area contributed by atoms with Crippen LogP contribution >= 0.6 is 0 Å². The third-order valence-electron chi connectivity index (χ3n) is 3.27. The molecule has 0 amide bonds. The maximum absolute atomic E-state index is 8.67. The highest BCUT2D eigenvalue weighted by atomic mass is 17.1. The first-order valence-electron chi connectivity index (χ1n) is 8.50. The van der Waals surface area contributed by atoms with E-state index in [2.05, 4.69) is 29.7 Å². The van der Waals surface area contributed by atoms with Crippen LogP contribution in [-0.2, 0) is 4.89 Å². The van der Waals surface area contributed by atoms with Gasteiger partial charge in [-0.1, -0.05) is 71.8 Å². The number of anilines is 2. The lowest BCUT2D eigenvalue weighted by Crippen LogP contribution is -2.12. The van der Waals surface area contributed by atoms with Gasteiger partial charge in [0, 0.05) is 11.4 Å². The van der Waals surface area contributed by atoms with Gasteiger partial charge in [0.2, 0.25) is 0 Å². The van der Waals surface area contributed by atoms with Gasteiger partial charge < -0.3 is 33.5 Å². The van der Waals surface area contributed by atoms with Gasteiger partial charge >= 0.3 is 0 Å². The fourth-order valence-electron chi connectivity index (χ4n) is 1.69. The molecule has 3 aromatic carbocycles. The van der Waals surface area contributed by atoms with E-state index in [0.29, 0.717) is 0 Å². The van der Waals surface area contributed by atoms with E-state index < -0.39 is 0 Å². The Morgan fingerprint density at radius 3 is 1.43 bits per heavy atom. The van der Waals surface area contributed by atoms with Gasteiger partial charge in [0.1, 0.15) is 0 Å². The Labute approximate surface area is 168 Å². The predicted molar refractivity (Wildman–Crippen MR) is 118 cm³/mol. The number of hydrogen-bond donors (Lipinski definition) is 4. The van der Waals surface area contributed by atoms with Gasteiger partial charge in [-0.05, 0) is 44.5 Å². The zero-order valence-corrected chi connectivity index (χ0v) is 17.0. The van der Waals surface area contributed by atoms with Crippen molar-refractivity contribution in [1.29, 1.82) is 0 Å². The fraction of sp³-hybridized carbons (Fsp3) is 0.182. The molecule has 28 heavy (non-hydrogen) atoms. The Balaban J connectivity index is 0. The van der Waals surface area contributed by atoms with E-state index in [4.69, 9.17) is 16.7 Å². The van der Waals surface area contributed by atoms with E-state index in [-0.39, 0.29) is 12.9 Å². The average molecular weight is 386 g/mol. The lowest BCUT2D eigenvalue weighted by atomic mass is 10.2. The Morgan fingerprint density at radius 2 is 1.14 bits per heavy atom. The van der Waals surface area contributed by atoms with E-state index in [1.54, 1.807) is 0 Å². The molecule has 0 fully saturated rings. The van der Waals surface area contributed by atoms with Gasteiger partial charge in [-0.3, -0.25) is 0 Å². The monoisotopic (exact) mass is 385 g/mol. The summed E-state index contributed by atoms with van der Waals surface area (Å²) in [6.45, 7) is 5.88. The van der Waals surface area contributed by atoms with E-state index in [9.17, 15) is 0 Å². The summed E-state index contributed by atoms with van der Waals surface area (Å²) in [4.78, 5) is 3.07. The molecule has 0 saturated carbocycles. The topological polar surface area (TPSA) is 145 Å². The van der Waals surface area contributed by atoms with Crippen LogP contribution in [0.25, 0.3) is 0 Å². The van der Waals surface area contributed by atoms with Crippen LogP contribution in [0.3, 0.4) is 0 Å². The molecule has 6 nitrogen and oxygen atoms in total. The molecule has 0 unspecified atom stereocenters. The Hall–Kier alpha value is -2.90. The van der Waals surface area contributed by atoms with Crippen LogP contribution in [0.1, 0.15) is 16.7 Å². The highest BCUT2D eigenvalue weighted by molar-refractivity contribution is 5.45. The van der Waals surface area contributed by atoms with Crippen molar-refractivity contribution in [3.63, 3.8) is 0 Å². The molecule has 154 valence electrons. The molecule has 0 atom stereocenters. The van der Waals surface area contributed by atoms with Crippen LogP contribution in [0.2, 0.25) is 0 Å². The number of aryl methyl sites for hydroxylation is 3. The van der Waals surface area contributed by atoms with E-state index >= 15 is 0 Å². The van der Waals surface area contributed by atoms with Crippen LogP contribution < -0.4 is 28.6 Å². The lowest BCUT2D eigenvalue weighted by molar-refractivity contribution is -0.689. The normalized spacial score (nSPS) is 8.46. The van der Waals surface area contributed by atoms with Crippen molar-refractivity contribution in [3.05, 3.63) is 95.6 Å². The van der Waals surface area contributed by atoms with Gasteiger partial charge in [0.25, 0.3) is 0 Å². The smallest absolute Gasteiger partial charge is 0.0823 e. The summed E-state index contributed by atoms with van der Waals surface area (Å²) in [5, 5.41) is 8.67. The first-order valence-corrected chi connectivity index (χ1v) is 8.50. The highest BCUT2D eigenvalue weighted by Crippen LogP contribution is 2.06. The van der Waals surface area contributed by atoms with Crippen LogP contribution in [0.15, 0.2) is 78.9 Å². The molecule has 0 saturated heterocycles. The minimum absolute atomic E-state index is 0. The largest absolute Gasteiger partial charge is 0.722 e. The molecule has 3 rings (SSSR count). The van der Waals surface area contributed by atoms with Crippen LogP contribution in [0.4, 0.5) is 11.4 Å². The van der Waals surface area contributed by atoms with Crippen LogP contribution in [0.5, 0.6) is 0 Å². The summed E-state index contributed by atoms with van der Waals surface area (Å²) < 4.78 is 0. The number of rotatable bonds is 1. The van der Waals surface area contributed by atoms with Gasteiger partial charge in [0.15, 0.2) is 0 Å². The molecule has 6 heteroatoms. The summed E-state index contributed by atoms with van der Waals surface area (Å²) >= 11 is 0. The second-order valence-electron chi connectivity index (χ2n) is 5.71. The molecule has 0 aliphatic rings. The molecule has 0 aromatic heterocycles.